The van der Waals surface area contributed by atoms with E-state index in [0.717, 1.165) is 6.07 Å². The SMILES string of the molecule is O=C(c1ccccc1OC(F)(F)C(F)F)N1CCC(Nc2nc3ccc(F)cc3s2)C1. The third kappa shape index (κ3) is 4.55. The Morgan fingerprint density at radius 1 is 1.26 bits per heavy atom. The van der Waals surface area contributed by atoms with Crippen molar-refractivity contribution in [3.8, 4) is 5.75 Å². The minimum Gasteiger partial charge on any atom is -0.427 e. The molecule has 1 aromatic heterocycles. The average Bonchev–Trinajstić information content (AvgIpc) is 3.34. The van der Waals surface area contributed by atoms with Gasteiger partial charge < -0.3 is 15.0 Å². The molecule has 164 valence electrons. The highest BCUT2D eigenvalue weighted by atomic mass is 32.1. The number of hydrogen-bond donors (Lipinski definition) is 1. The Labute approximate surface area is 177 Å². The Morgan fingerprint density at radius 3 is 2.81 bits per heavy atom. The number of amides is 1. The quantitative estimate of drug-likeness (QED) is 0.530. The molecule has 11 heteroatoms. The molecule has 0 aliphatic carbocycles. The number of carbonyl (C=O) groups is 1. The highest BCUT2D eigenvalue weighted by Crippen LogP contribution is 2.32. The molecule has 1 fully saturated rings. The summed E-state index contributed by atoms with van der Waals surface area (Å²) in [5, 5.41) is 3.76. The third-order valence-electron chi connectivity index (χ3n) is 4.77. The van der Waals surface area contributed by atoms with Gasteiger partial charge in [0.05, 0.1) is 15.8 Å². The normalized spacial score (nSPS) is 16.8. The fraction of sp³-hybridized carbons (Fsp3) is 0.300. The first-order chi connectivity index (χ1) is 14.7. The Bertz CT molecular complexity index is 1110. The van der Waals surface area contributed by atoms with Crippen LogP contribution in [0, 0.1) is 5.82 Å². The van der Waals surface area contributed by atoms with Gasteiger partial charge in [0.2, 0.25) is 0 Å². The maximum Gasteiger partial charge on any atom is 0.461 e. The summed E-state index contributed by atoms with van der Waals surface area (Å²) in [4.78, 5) is 18.6. The molecule has 31 heavy (non-hydrogen) atoms. The summed E-state index contributed by atoms with van der Waals surface area (Å²) >= 11 is 1.28. The Kier molecular flexibility index (Phi) is 5.69. The fourth-order valence-corrected chi connectivity index (χ4v) is 4.26. The first kappa shape index (κ1) is 21.3. The lowest BCUT2D eigenvalue weighted by molar-refractivity contribution is -0.253. The molecule has 4 rings (SSSR count). The molecule has 1 unspecified atom stereocenters. The zero-order chi connectivity index (χ0) is 22.2. The monoisotopic (exact) mass is 457 g/mol. The van der Waals surface area contributed by atoms with Gasteiger partial charge in [-0.1, -0.05) is 23.5 Å². The van der Waals surface area contributed by atoms with Gasteiger partial charge in [-0.05, 0) is 36.8 Å². The maximum absolute atomic E-state index is 13.3. The highest BCUT2D eigenvalue weighted by molar-refractivity contribution is 7.22. The summed E-state index contributed by atoms with van der Waals surface area (Å²) < 4.78 is 69.8. The number of thiazole rings is 1. The molecule has 1 aliphatic heterocycles. The van der Waals surface area contributed by atoms with Crippen LogP contribution in [0.3, 0.4) is 0 Å². The number of ether oxygens (including phenoxy) is 1. The van der Waals surface area contributed by atoms with Gasteiger partial charge in [0.1, 0.15) is 11.6 Å². The van der Waals surface area contributed by atoms with Gasteiger partial charge in [-0.3, -0.25) is 4.79 Å². The van der Waals surface area contributed by atoms with Crippen molar-refractivity contribution in [2.75, 3.05) is 18.4 Å². The van der Waals surface area contributed by atoms with Gasteiger partial charge in [0.25, 0.3) is 5.91 Å². The summed E-state index contributed by atoms with van der Waals surface area (Å²) in [7, 11) is 0. The van der Waals surface area contributed by atoms with Gasteiger partial charge >= 0.3 is 12.5 Å². The number of fused-ring (bicyclic) bond motifs is 1. The van der Waals surface area contributed by atoms with Crippen molar-refractivity contribution >= 4 is 32.6 Å². The maximum atomic E-state index is 13.3. The van der Waals surface area contributed by atoms with E-state index in [1.165, 1.54) is 46.6 Å². The number of rotatable bonds is 6. The van der Waals surface area contributed by atoms with Crippen molar-refractivity contribution in [3.63, 3.8) is 0 Å². The van der Waals surface area contributed by atoms with Crippen LogP contribution in [-0.2, 0) is 0 Å². The molecule has 1 aliphatic rings. The molecule has 3 aromatic rings. The number of aromatic nitrogens is 1. The Hall–Kier alpha value is -2.95. The van der Waals surface area contributed by atoms with Gasteiger partial charge in [0.15, 0.2) is 5.13 Å². The summed E-state index contributed by atoms with van der Waals surface area (Å²) in [5.41, 5.74) is 0.421. The Balaban J connectivity index is 1.45. The molecule has 2 aromatic carbocycles. The van der Waals surface area contributed by atoms with Crippen LogP contribution in [0.25, 0.3) is 10.2 Å². The first-order valence-corrected chi connectivity index (χ1v) is 10.1. The fourth-order valence-electron chi connectivity index (χ4n) is 3.29. The standard InChI is InChI=1S/C20H16F5N3O2S/c21-11-5-6-14-16(9-11)31-19(27-14)26-12-7-8-28(10-12)17(29)13-3-1-2-4-15(13)30-20(24,25)18(22)23/h1-6,9,12,18H,7-8,10H2,(H,26,27). The van der Waals surface area contributed by atoms with E-state index in [1.807, 2.05) is 0 Å². The van der Waals surface area contributed by atoms with Crippen LogP contribution in [0.2, 0.25) is 0 Å². The van der Waals surface area contributed by atoms with E-state index < -0.39 is 24.2 Å². The van der Waals surface area contributed by atoms with Crippen molar-refractivity contribution in [1.29, 1.82) is 0 Å². The Morgan fingerprint density at radius 2 is 2.03 bits per heavy atom. The minimum atomic E-state index is -4.71. The van der Waals surface area contributed by atoms with Crippen LogP contribution < -0.4 is 10.1 Å². The van der Waals surface area contributed by atoms with Gasteiger partial charge in [-0.2, -0.15) is 17.6 Å². The second kappa shape index (κ2) is 8.29. The largest absolute Gasteiger partial charge is 0.461 e. The minimum absolute atomic E-state index is 0.162. The molecular weight excluding hydrogens is 441 g/mol. The zero-order valence-corrected chi connectivity index (χ0v) is 16.6. The molecule has 1 saturated heterocycles. The van der Waals surface area contributed by atoms with Crippen molar-refractivity contribution in [1.82, 2.24) is 9.88 Å². The van der Waals surface area contributed by atoms with E-state index in [4.69, 9.17) is 0 Å². The number of carbonyl (C=O) groups excluding carboxylic acids is 1. The molecule has 5 nitrogen and oxygen atoms in total. The molecule has 1 N–H and O–H groups in total. The highest BCUT2D eigenvalue weighted by Gasteiger charge is 2.45. The van der Waals surface area contributed by atoms with Crippen LogP contribution in [0.1, 0.15) is 16.8 Å². The van der Waals surface area contributed by atoms with E-state index in [2.05, 4.69) is 15.0 Å². The summed E-state index contributed by atoms with van der Waals surface area (Å²) in [6, 6.07) is 9.17. The lowest BCUT2D eigenvalue weighted by Crippen LogP contribution is -2.35. The smallest absolute Gasteiger partial charge is 0.427 e. The van der Waals surface area contributed by atoms with Crippen molar-refractivity contribution in [3.05, 3.63) is 53.8 Å². The molecule has 1 amide bonds. The number of halogens is 5. The van der Waals surface area contributed by atoms with Gasteiger partial charge in [0, 0.05) is 19.1 Å². The first-order valence-electron chi connectivity index (χ1n) is 9.29. The lowest BCUT2D eigenvalue weighted by Gasteiger charge is -2.21. The van der Waals surface area contributed by atoms with Crippen molar-refractivity contribution < 1.29 is 31.5 Å². The number of anilines is 1. The number of benzene rings is 2. The number of para-hydroxylation sites is 1. The molecule has 0 saturated carbocycles. The summed E-state index contributed by atoms with van der Waals surface area (Å²) in [6.45, 7) is 0.582. The predicted molar refractivity (Wildman–Crippen MR) is 106 cm³/mol. The van der Waals surface area contributed by atoms with E-state index in [9.17, 15) is 26.7 Å². The zero-order valence-electron chi connectivity index (χ0n) is 15.8. The number of nitrogens with one attached hydrogen (secondary N) is 1. The molecule has 0 radical (unpaired) electrons. The molecule has 0 spiro atoms. The topological polar surface area (TPSA) is 54.5 Å². The number of likely N-dealkylation sites (tertiary alicyclic amines) is 1. The van der Waals surface area contributed by atoms with Crippen LogP contribution in [-0.4, -0.2) is 47.5 Å². The van der Waals surface area contributed by atoms with Gasteiger partial charge in [-0.25, -0.2) is 9.37 Å². The molecule has 0 bridgehead atoms. The van der Waals surface area contributed by atoms with E-state index in [0.29, 0.717) is 28.3 Å². The van der Waals surface area contributed by atoms with E-state index in [1.54, 1.807) is 6.07 Å². The van der Waals surface area contributed by atoms with E-state index >= 15 is 0 Å². The summed E-state index contributed by atoms with van der Waals surface area (Å²) in [6.07, 6.45) is -8.18. The lowest BCUT2D eigenvalue weighted by atomic mass is 10.1. The predicted octanol–water partition coefficient (Wildman–Crippen LogP) is 5.00. The van der Waals surface area contributed by atoms with Crippen LogP contribution >= 0.6 is 11.3 Å². The molecule has 2 heterocycles. The van der Waals surface area contributed by atoms with Crippen molar-refractivity contribution in [2.24, 2.45) is 0 Å². The number of alkyl halides is 4. The number of nitrogens with zero attached hydrogens (tertiary/aromatic N) is 2. The summed E-state index contributed by atoms with van der Waals surface area (Å²) in [5.74, 6) is -1.57. The second-order valence-corrected chi connectivity index (χ2v) is 8.00. The number of hydrogen-bond acceptors (Lipinski definition) is 5. The van der Waals surface area contributed by atoms with Crippen molar-refractivity contribution in [2.45, 2.75) is 25.0 Å². The molecule has 1 atom stereocenters. The second-order valence-electron chi connectivity index (χ2n) is 6.97. The van der Waals surface area contributed by atoms with Crippen LogP contribution in [0.5, 0.6) is 5.75 Å². The molecular formula is C20H16F5N3O2S. The average molecular weight is 457 g/mol. The van der Waals surface area contributed by atoms with Crippen LogP contribution in [0.15, 0.2) is 42.5 Å². The van der Waals surface area contributed by atoms with Gasteiger partial charge in [-0.15, -0.1) is 0 Å². The van der Waals surface area contributed by atoms with E-state index in [-0.39, 0.29) is 24.0 Å². The van der Waals surface area contributed by atoms with Crippen LogP contribution in [0.4, 0.5) is 27.1 Å². The third-order valence-corrected chi connectivity index (χ3v) is 5.72.